The van der Waals surface area contributed by atoms with Crippen LogP contribution in [0.25, 0.3) is 0 Å². The number of ether oxygens (including phenoxy) is 1. The van der Waals surface area contributed by atoms with Gasteiger partial charge in [-0.15, -0.1) is 0 Å². The molecule has 2 rings (SSSR count). The Morgan fingerprint density at radius 1 is 1.30 bits per heavy atom. The van der Waals surface area contributed by atoms with E-state index < -0.39 is 6.55 Å². The minimum absolute atomic E-state index is 0.297. The highest BCUT2D eigenvalue weighted by Gasteiger charge is 2.10. The molecular weight excluding hydrogens is 264 g/mol. The summed E-state index contributed by atoms with van der Waals surface area (Å²) in [5.41, 5.74) is 2.16. The highest BCUT2D eigenvalue weighted by Crippen LogP contribution is 2.12. The van der Waals surface area contributed by atoms with Crippen LogP contribution in [0.15, 0.2) is 36.7 Å². The van der Waals surface area contributed by atoms with Gasteiger partial charge in [-0.2, -0.15) is 8.78 Å². The average molecular weight is 281 g/mol. The zero-order valence-electron chi connectivity index (χ0n) is 11.2. The van der Waals surface area contributed by atoms with Crippen LogP contribution >= 0.6 is 0 Å². The maximum Gasteiger partial charge on any atom is 0.319 e. The van der Waals surface area contributed by atoms with Gasteiger partial charge < -0.3 is 10.1 Å². The topological polar surface area (TPSA) is 39.1 Å². The maximum atomic E-state index is 12.6. The maximum absolute atomic E-state index is 12.6. The monoisotopic (exact) mass is 281 g/mol. The van der Waals surface area contributed by atoms with Crippen LogP contribution in [0.1, 0.15) is 23.5 Å². The predicted molar refractivity (Wildman–Crippen MR) is 71.2 cm³/mol. The van der Waals surface area contributed by atoms with Crippen molar-refractivity contribution in [1.82, 2.24) is 14.9 Å². The van der Waals surface area contributed by atoms with Gasteiger partial charge in [0.05, 0.1) is 13.2 Å². The van der Waals surface area contributed by atoms with E-state index in [9.17, 15) is 8.78 Å². The van der Waals surface area contributed by atoms with Crippen LogP contribution in [-0.4, -0.2) is 16.7 Å². The number of aromatic nitrogens is 2. The van der Waals surface area contributed by atoms with Gasteiger partial charge in [0.25, 0.3) is 0 Å². The molecule has 1 N–H and O–H groups in total. The molecule has 4 nitrogen and oxygen atoms in total. The predicted octanol–water partition coefficient (Wildman–Crippen LogP) is 2.71. The normalized spacial score (nSPS) is 11.2. The van der Waals surface area contributed by atoms with Gasteiger partial charge in [-0.3, -0.25) is 4.57 Å². The second-order valence-corrected chi connectivity index (χ2v) is 4.38. The fourth-order valence-corrected chi connectivity index (χ4v) is 1.97. The van der Waals surface area contributed by atoms with Gasteiger partial charge in [-0.25, -0.2) is 4.98 Å². The van der Waals surface area contributed by atoms with Crippen LogP contribution in [0.4, 0.5) is 8.78 Å². The lowest BCUT2D eigenvalue weighted by molar-refractivity contribution is 0.0666. The molecule has 0 saturated heterocycles. The first-order valence-electron chi connectivity index (χ1n) is 6.28. The molecule has 0 aliphatic carbocycles. The van der Waals surface area contributed by atoms with E-state index in [1.165, 1.54) is 12.4 Å². The zero-order valence-corrected chi connectivity index (χ0v) is 11.2. The van der Waals surface area contributed by atoms with E-state index in [1.807, 2.05) is 24.3 Å². The highest BCUT2D eigenvalue weighted by atomic mass is 19.3. The van der Waals surface area contributed by atoms with Gasteiger partial charge >= 0.3 is 6.55 Å². The fourth-order valence-electron chi connectivity index (χ4n) is 1.97. The first-order valence-corrected chi connectivity index (χ1v) is 6.28. The average Bonchev–Trinajstić information content (AvgIpc) is 2.88. The van der Waals surface area contributed by atoms with E-state index in [1.54, 1.807) is 7.11 Å². The molecule has 0 aliphatic heterocycles. The van der Waals surface area contributed by atoms with E-state index in [4.69, 9.17) is 4.74 Å². The number of hydrogen-bond acceptors (Lipinski definition) is 3. The Morgan fingerprint density at radius 2 is 2.10 bits per heavy atom. The van der Waals surface area contributed by atoms with Gasteiger partial charge in [0.15, 0.2) is 0 Å². The van der Waals surface area contributed by atoms with Crippen molar-refractivity contribution in [2.24, 2.45) is 0 Å². The lowest BCUT2D eigenvalue weighted by Crippen LogP contribution is -2.17. The summed E-state index contributed by atoms with van der Waals surface area (Å²) in [6.45, 7) is -1.11. The SMILES string of the molecule is COCc1cccc(CNCc2nccn2C(F)F)c1. The van der Waals surface area contributed by atoms with E-state index >= 15 is 0 Å². The summed E-state index contributed by atoms with van der Waals surface area (Å²) in [7, 11) is 1.65. The first kappa shape index (κ1) is 14.6. The molecule has 0 aliphatic rings. The summed E-state index contributed by atoms with van der Waals surface area (Å²) >= 11 is 0. The largest absolute Gasteiger partial charge is 0.380 e. The van der Waals surface area contributed by atoms with Crippen molar-refractivity contribution >= 4 is 0 Å². The Hall–Kier alpha value is -1.79. The highest BCUT2D eigenvalue weighted by molar-refractivity contribution is 5.22. The molecule has 0 radical (unpaired) electrons. The van der Waals surface area contributed by atoms with Crippen LogP contribution < -0.4 is 5.32 Å². The number of benzene rings is 1. The zero-order chi connectivity index (χ0) is 14.4. The standard InChI is InChI=1S/C14H17F2N3O/c1-20-10-12-4-2-3-11(7-12)8-17-9-13-18-5-6-19(13)14(15)16/h2-7,14,17H,8-10H2,1H3. The number of alkyl halides is 2. The third kappa shape index (κ3) is 3.85. The molecule has 0 fully saturated rings. The number of hydrogen-bond donors (Lipinski definition) is 1. The van der Waals surface area contributed by atoms with Crippen LogP contribution in [0, 0.1) is 0 Å². The second kappa shape index (κ2) is 7.12. The van der Waals surface area contributed by atoms with E-state index in [0.29, 0.717) is 25.5 Å². The van der Waals surface area contributed by atoms with Gasteiger partial charge in [0.1, 0.15) is 5.82 Å². The summed E-state index contributed by atoms with van der Waals surface area (Å²) in [4.78, 5) is 3.92. The summed E-state index contributed by atoms with van der Waals surface area (Å²) in [5, 5.41) is 3.11. The molecule has 0 atom stereocenters. The minimum Gasteiger partial charge on any atom is -0.380 e. The molecule has 0 saturated carbocycles. The Morgan fingerprint density at radius 3 is 2.85 bits per heavy atom. The first-order chi connectivity index (χ1) is 9.70. The smallest absolute Gasteiger partial charge is 0.319 e. The summed E-state index contributed by atoms with van der Waals surface area (Å²) in [6.07, 6.45) is 2.66. The molecule has 108 valence electrons. The number of methoxy groups -OCH3 is 1. The number of imidazole rings is 1. The van der Waals surface area contributed by atoms with Crippen molar-refractivity contribution in [2.75, 3.05) is 7.11 Å². The molecule has 0 unspecified atom stereocenters. The van der Waals surface area contributed by atoms with Gasteiger partial charge in [0.2, 0.25) is 0 Å². The lowest BCUT2D eigenvalue weighted by Gasteiger charge is -2.08. The molecule has 0 bridgehead atoms. The Labute approximate surface area is 116 Å². The fraction of sp³-hybridized carbons (Fsp3) is 0.357. The summed E-state index contributed by atoms with van der Waals surface area (Å²) < 4.78 is 31.2. The van der Waals surface area contributed by atoms with Gasteiger partial charge in [-0.1, -0.05) is 24.3 Å². The van der Waals surface area contributed by atoms with Gasteiger partial charge in [-0.05, 0) is 11.1 Å². The molecule has 2 aromatic rings. The Bertz CT molecular complexity index is 543. The third-order valence-electron chi connectivity index (χ3n) is 2.87. The molecule has 6 heteroatoms. The molecule has 0 spiro atoms. The Balaban J connectivity index is 1.89. The summed E-state index contributed by atoms with van der Waals surface area (Å²) in [6, 6.07) is 7.93. The molecule has 20 heavy (non-hydrogen) atoms. The molecule has 1 heterocycles. The molecule has 1 aromatic carbocycles. The number of nitrogens with zero attached hydrogens (tertiary/aromatic N) is 2. The van der Waals surface area contributed by atoms with Gasteiger partial charge in [0, 0.05) is 26.0 Å². The molecule has 1 aromatic heterocycles. The van der Waals surface area contributed by atoms with Crippen molar-refractivity contribution in [3.63, 3.8) is 0 Å². The number of rotatable bonds is 7. The van der Waals surface area contributed by atoms with Crippen molar-refractivity contribution in [2.45, 2.75) is 26.2 Å². The van der Waals surface area contributed by atoms with Crippen molar-refractivity contribution in [3.05, 3.63) is 53.6 Å². The van der Waals surface area contributed by atoms with Crippen LogP contribution in [0.2, 0.25) is 0 Å². The molecular formula is C14H17F2N3O. The summed E-state index contributed by atoms with van der Waals surface area (Å²) in [5.74, 6) is 0.327. The van der Waals surface area contributed by atoms with Crippen LogP contribution in [-0.2, 0) is 24.4 Å². The number of halogens is 2. The van der Waals surface area contributed by atoms with E-state index in [-0.39, 0.29) is 0 Å². The van der Waals surface area contributed by atoms with E-state index in [0.717, 1.165) is 15.7 Å². The third-order valence-corrected chi connectivity index (χ3v) is 2.87. The minimum atomic E-state index is -2.56. The quantitative estimate of drug-likeness (QED) is 0.848. The van der Waals surface area contributed by atoms with Crippen molar-refractivity contribution < 1.29 is 13.5 Å². The second-order valence-electron chi connectivity index (χ2n) is 4.38. The molecule has 0 amide bonds. The lowest BCUT2D eigenvalue weighted by atomic mass is 10.1. The van der Waals surface area contributed by atoms with Crippen molar-refractivity contribution in [3.8, 4) is 0 Å². The van der Waals surface area contributed by atoms with Crippen LogP contribution in [0.5, 0.6) is 0 Å². The van der Waals surface area contributed by atoms with Crippen molar-refractivity contribution in [1.29, 1.82) is 0 Å². The van der Waals surface area contributed by atoms with Crippen LogP contribution in [0.3, 0.4) is 0 Å². The Kier molecular flexibility index (Phi) is 5.20. The van der Waals surface area contributed by atoms with E-state index in [2.05, 4.69) is 10.3 Å². The number of nitrogens with one attached hydrogen (secondary N) is 1.